The SMILES string of the molecule is CNC1NC(NC2CC3CCOC3C(C3=CCN(C)CCC3)C2)NC(C)C1C. The van der Waals surface area contributed by atoms with Crippen LogP contribution in [-0.4, -0.2) is 69.3 Å². The topological polar surface area (TPSA) is 60.6 Å². The number of hydrogen-bond acceptors (Lipinski definition) is 6. The molecule has 4 aliphatic rings. The van der Waals surface area contributed by atoms with Gasteiger partial charge in [-0.15, -0.1) is 0 Å². The summed E-state index contributed by atoms with van der Waals surface area (Å²) in [5.74, 6) is 1.85. The summed E-state index contributed by atoms with van der Waals surface area (Å²) in [4.78, 5) is 2.44. The maximum absolute atomic E-state index is 6.27. The molecule has 3 aliphatic heterocycles. The molecule has 0 aromatic heterocycles. The fourth-order valence-electron chi connectivity index (χ4n) is 5.87. The summed E-state index contributed by atoms with van der Waals surface area (Å²) in [6, 6.07) is 1.02. The fourth-order valence-corrected chi connectivity index (χ4v) is 5.87. The summed E-state index contributed by atoms with van der Waals surface area (Å²) >= 11 is 0. The predicted molar refractivity (Wildman–Crippen MR) is 114 cm³/mol. The number of fused-ring (bicyclic) bond motifs is 1. The van der Waals surface area contributed by atoms with E-state index in [1.165, 1.54) is 38.6 Å². The Morgan fingerprint density at radius 1 is 1.21 bits per heavy atom. The van der Waals surface area contributed by atoms with Gasteiger partial charge in [0, 0.05) is 31.2 Å². The smallest absolute Gasteiger partial charge is 0.113 e. The summed E-state index contributed by atoms with van der Waals surface area (Å²) in [6.07, 6.45) is 9.65. The lowest BCUT2D eigenvalue weighted by Gasteiger charge is -2.45. The number of rotatable bonds is 4. The predicted octanol–water partition coefficient (Wildman–Crippen LogP) is 1.46. The molecule has 0 aromatic carbocycles. The Hall–Kier alpha value is -0.500. The van der Waals surface area contributed by atoms with Crippen molar-refractivity contribution in [2.24, 2.45) is 17.8 Å². The minimum absolute atomic E-state index is 0.169. The van der Waals surface area contributed by atoms with Gasteiger partial charge in [-0.05, 0) is 71.5 Å². The molecule has 6 heteroatoms. The van der Waals surface area contributed by atoms with Crippen molar-refractivity contribution >= 4 is 0 Å². The number of hydrogen-bond donors (Lipinski definition) is 4. The molecule has 160 valence electrons. The van der Waals surface area contributed by atoms with E-state index in [9.17, 15) is 0 Å². The van der Waals surface area contributed by atoms with Crippen LogP contribution in [0.25, 0.3) is 0 Å². The van der Waals surface area contributed by atoms with Gasteiger partial charge >= 0.3 is 0 Å². The quantitative estimate of drug-likeness (QED) is 0.545. The second-order valence-electron chi connectivity index (χ2n) is 9.65. The Morgan fingerprint density at radius 3 is 2.89 bits per heavy atom. The van der Waals surface area contributed by atoms with Gasteiger partial charge in [0.25, 0.3) is 0 Å². The van der Waals surface area contributed by atoms with Crippen molar-refractivity contribution in [1.29, 1.82) is 0 Å². The normalized spacial score (nSPS) is 45.4. The molecule has 0 spiro atoms. The number of likely N-dealkylation sites (N-methyl/N-ethyl adjacent to an activating group) is 1. The van der Waals surface area contributed by atoms with E-state index < -0.39 is 0 Å². The molecular weight excluding hydrogens is 350 g/mol. The minimum Gasteiger partial charge on any atom is -0.377 e. The number of nitrogens with one attached hydrogen (secondary N) is 4. The summed E-state index contributed by atoms with van der Waals surface area (Å²) < 4.78 is 6.27. The highest BCUT2D eigenvalue weighted by atomic mass is 16.5. The van der Waals surface area contributed by atoms with E-state index in [4.69, 9.17) is 4.74 Å². The molecule has 0 bridgehead atoms. The monoisotopic (exact) mass is 391 g/mol. The van der Waals surface area contributed by atoms with E-state index in [-0.39, 0.29) is 6.29 Å². The molecule has 1 saturated carbocycles. The van der Waals surface area contributed by atoms with E-state index in [2.05, 4.69) is 60.2 Å². The van der Waals surface area contributed by atoms with Gasteiger partial charge in [-0.3, -0.25) is 16.0 Å². The van der Waals surface area contributed by atoms with Gasteiger partial charge in [0.05, 0.1) is 12.3 Å². The standard InChI is InChI=1S/C22H41N5O/c1-14-15(2)24-22(26-21(14)23-3)25-18-12-17-8-11-28-20(17)19(13-18)16-6-5-9-27(4)10-7-16/h7,14-15,17-26H,5-6,8-13H2,1-4H3. The Labute approximate surface area is 171 Å². The van der Waals surface area contributed by atoms with Crippen molar-refractivity contribution in [3.05, 3.63) is 11.6 Å². The maximum atomic E-state index is 6.27. The zero-order chi connectivity index (χ0) is 19.7. The van der Waals surface area contributed by atoms with Crippen LogP contribution in [0.3, 0.4) is 0 Å². The van der Waals surface area contributed by atoms with Gasteiger partial charge in [-0.2, -0.15) is 0 Å². The lowest BCUT2D eigenvalue weighted by atomic mass is 9.72. The molecule has 6 nitrogen and oxygen atoms in total. The second kappa shape index (κ2) is 9.11. The molecule has 0 amide bonds. The van der Waals surface area contributed by atoms with Crippen LogP contribution >= 0.6 is 0 Å². The number of ether oxygens (including phenoxy) is 1. The molecule has 1 aliphatic carbocycles. The van der Waals surface area contributed by atoms with Crippen molar-refractivity contribution in [2.45, 2.75) is 76.6 Å². The third-order valence-electron chi connectivity index (χ3n) is 7.74. The van der Waals surface area contributed by atoms with E-state index in [1.54, 1.807) is 5.57 Å². The first-order valence-corrected chi connectivity index (χ1v) is 11.5. The summed E-state index contributed by atoms with van der Waals surface area (Å²) in [6.45, 7) is 7.84. The van der Waals surface area contributed by atoms with Crippen molar-refractivity contribution in [3.8, 4) is 0 Å². The van der Waals surface area contributed by atoms with Crippen LogP contribution in [0.4, 0.5) is 0 Å². The van der Waals surface area contributed by atoms with Crippen molar-refractivity contribution in [3.63, 3.8) is 0 Å². The van der Waals surface area contributed by atoms with Gasteiger partial charge < -0.3 is 15.0 Å². The zero-order valence-corrected chi connectivity index (χ0v) is 18.2. The second-order valence-corrected chi connectivity index (χ2v) is 9.65. The summed E-state index contributed by atoms with van der Waals surface area (Å²) in [7, 11) is 4.29. The van der Waals surface area contributed by atoms with Crippen LogP contribution in [0, 0.1) is 17.8 Å². The summed E-state index contributed by atoms with van der Waals surface area (Å²) in [5, 5.41) is 14.8. The average molecular weight is 392 g/mol. The number of nitrogens with zero attached hydrogens (tertiary/aromatic N) is 1. The molecule has 0 radical (unpaired) electrons. The minimum atomic E-state index is 0.169. The third kappa shape index (κ3) is 4.47. The molecule has 2 saturated heterocycles. The van der Waals surface area contributed by atoms with Crippen LogP contribution in [0.5, 0.6) is 0 Å². The Kier molecular flexibility index (Phi) is 6.75. The van der Waals surface area contributed by atoms with E-state index in [0.29, 0.717) is 42.1 Å². The van der Waals surface area contributed by atoms with Crippen LogP contribution in [-0.2, 0) is 4.74 Å². The zero-order valence-electron chi connectivity index (χ0n) is 18.2. The molecule has 3 fully saturated rings. The lowest BCUT2D eigenvalue weighted by molar-refractivity contribution is 0.0163. The molecular formula is C22H41N5O. The fraction of sp³-hybridized carbons (Fsp3) is 0.909. The van der Waals surface area contributed by atoms with Gasteiger partial charge in [-0.25, -0.2) is 0 Å². The van der Waals surface area contributed by atoms with Gasteiger partial charge in [-0.1, -0.05) is 18.6 Å². The highest BCUT2D eigenvalue weighted by molar-refractivity contribution is 5.15. The molecule has 4 rings (SSSR count). The first kappa shape index (κ1) is 20.8. The van der Waals surface area contributed by atoms with Crippen molar-refractivity contribution in [2.75, 3.05) is 33.8 Å². The van der Waals surface area contributed by atoms with Gasteiger partial charge in [0.15, 0.2) is 0 Å². The van der Waals surface area contributed by atoms with Crippen LogP contribution in [0.2, 0.25) is 0 Å². The molecule has 8 atom stereocenters. The molecule has 8 unspecified atom stereocenters. The van der Waals surface area contributed by atoms with E-state index in [0.717, 1.165) is 13.2 Å². The Balaban J connectivity index is 1.44. The molecule has 0 aromatic rings. The highest BCUT2D eigenvalue weighted by Gasteiger charge is 2.43. The molecule has 3 heterocycles. The Bertz CT molecular complexity index is 555. The van der Waals surface area contributed by atoms with E-state index >= 15 is 0 Å². The van der Waals surface area contributed by atoms with Gasteiger partial charge in [0.2, 0.25) is 0 Å². The van der Waals surface area contributed by atoms with Crippen molar-refractivity contribution < 1.29 is 4.74 Å². The largest absolute Gasteiger partial charge is 0.377 e. The third-order valence-corrected chi connectivity index (χ3v) is 7.74. The Morgan fingerprint density at radius 2 is 2.07 bits per heavy atom. The van der Waals surface area contributed by atoms with Gasteiger partial charge in [0.1, 0.15) is 6.29 Å². The first-order chi connectivity index (χ1) is 13.5. The van der Waals surface area contributed by atoms with Crippen LogP contribution < -0.4 is 21.3 Å². The highest BCUT2D eigenvalue weighted by Crippen LogP contribution is 2.42. The lowest BCUT2D eigenvalue weighted by Crippen LogP contribution is -2.71. The average Bonchev–Trinajstić information content (AvgIpc) is 3.04. The van der Waals surface area contributed by atoms with Crippen LogP contribution in [0.1, 0.15) is 46.0 Å². The van der Waals surface area contributed by atoms with Crippen molar-refractivity contribution in [1.82, 2.24) is 26.2 Å². The molecule has 4 N–H and O–H groups in total. The van der Waals surface area contributed by atoms with E-state index in [1.807, 2.05) is 0 Å². The first-order valence-electron chi connectivity index (χ1n) is 11.5. The maximum Gasteiger partial charge on any atom is 0.113 e. The van der Waals surface area contributed by atoms with Crippen LogP contribution in [0.15, 0.2) is 11.6 Å². The molecule has 28 heavy (non-hydrogen) atoms. The summed E-state index contributed by atoms with van der Waals surface area (Å²) in [5.41, 5.74) is 1.66.